The molecule has 0 radical (unpaired) electrons. The van der Waals surface area contributed by atoms with Gasteiger partial charge in [-0.1, -0.05) is 6.07 Å². The van der Waals surface area contributed by atoms with Crippen molar-refractivity contribution >= 4 is 11.0 Å². The molecule has 3 nitrogen and oxygen atoms in total. The number of benzene rings is 1. The first-order valence-electron chi connectivity index (χ1n) is 6.82. The number of nitrogens with one attached hydrogen (secondary N) is 1. The molecule has 1 aliphatic heterocycles. The van der Waals surface area contributed by atoms with E-state index in [1.54, 1.807) is 0 Å². The third kappa shape index (κ3) is 1.50. The Balaban J connectivity index is 1.74. The largest absolute Gasteiger partial charge is 0.341 e. The maximum Gasteiger partial charge on any atom is 0.124 e. The van der Waals surface area contributed by atoms with Crippen LogP contribution in [0.2, 0.25) is 0 Å². The Kier molecular flexibility index (Phi) is 1.97. The molecule has 1 spiro atoms. The monoisotopic (exact) mass is 241 g/mol. The lowest BCUT2D eigenvalue weighted by Gasteiger charge is -2.16. The lowest BCUT2D eigenvalue weighted by molar-refractivity contribution is 0.303. The summed E-state index contributed by atoms with van der Waals surface area (Å²) in [4.78, 5) is 10.8. The van der Waals surface area contributed by atoms with Gasteiger partial charge in [-0.25, -0.2) is 4.98 Å². The van der Waals surface area contributed by atoms with Crippen LogP contribution in [0.25, 0.3) is 11.0 Å². The Morgan fingerprint density at radius 1 is 1.39 bits per heavy atom. The van der Waals surface area contributed by atoms with Gasteiger partial charge in [-0.3, -0.25) is 4.90 Å². The molecule has 1 saturated heterocycles. The highest BCUT2D eigenvalue weighted by molar-refractivity contribution is 5.75. The van der Waals surface area contributed by atoms with Crippen molar-refractivity contribution in [1.29, 1.82) is 0 Å². The molecular formula is C15H19N3. The van der Waals surface area contributed by atoms with E-state index in [0.717, 1.165) is 11.3 Å². The molecule has 0 unspecified atom stereocenters. The zero-order valence-corrected chi connectivity index (χ0v) is 11.0. The van der Waals surface area contributed by atoms with E-state index in [0.29, 0.717) is 11.5 Å². The van der Waals surface area contributed by atoms with E-state index < -0.39 is 0 Å². The highest BCUT2D eigenvalue weighted by atomic mass is 15.2. The molecule has 2 aliphatic rings. The van der Waals surface area contributed by atoms with Crippen molar-refractivity contribution < 1.29 is 0 Å². The van der Waals surface area contributed by atoms with Crippen LogP contribution in [0.1, 0.15) is 36.7 Å². The Labute approximate surface area is 107 Å². The van der Waals surface area contributed by atoms with Crippen LogP contribution >= 0.6 is 0 Å². The van der Waals surface area contributed by atoms with Gasteiger partial charge in [0.2, 0.25) is 0 Å². The van der Waals surface area contributed by atoms with Crippen LogP contribution in [0.15, 0.2) is 18.2 Å². The van der Waals surface area contributed by atoms with E-state index in [1.165, 1.54) is 36.9 Å². The summed E-state index contributed by atoms with van der Waals surface area (Å²) in [6, 6.07) is 6.92. The van der Waals surface area contributed by atoms with E-state index >= 15 is 0 Å². The number of H-pyrrole nitrogens is 1. The molecule has 94 valence electrons. The quantitative estimate of drug-likeness (QED) is 0.832. The van der Waals surface area contributed by atoms with Gasteiger partial charge in [0, 0.05) is 6.54 Å². The molecule has 1 aliphatic carbocycles. The smallest absolute Gasteiger partial charge is 0.124 e. The molecule has 0 bridgehead atoms. The lowest BCUT2D eigenvalue weighted by Crippen LogP contribution is -2.19. The van der Waals surface area contributed by atoms with Crippen LogP contribution in [-0.4, -0.2) is 28.5 Å². The molecule has 1 atom stereocenters. The molecule has 3 heteroatoms. The third-order valence-corrected chi connectivity index (χ3v) is 4.67. The van der Waals surface area contributed by atoms with Gasteiger partial charge in [-0.05, 0) is 56.3 Å². The van der Waals surface area contributed by atoms with E-state index in [4.69, 9.17) is 4.98 Å². The summed E-state index contributed by atoms with van der Waals surface area (Å²) in [7, 11) is 2.23. The van der Waals surface area contributed by atoms with E-state index in [1.807, 2.05) is 0 Å². The number of hydrogen-bond donors (Lipinski definition) is 1. The summed E-state index contributed by atoms with van der Waals surface area (Å²) in [6.07, 6.45) is 4.10. The molecule has 1 saturated carbocycles. The topological polar surface area (TPSA) is 31.9 Å². The summed E-state index contributed by atoms with van der Waals surface area (Å²) in [6.45, 7) is 3.37. The highest BCUT2D eigenvalue weighted by Gasteiger charge is 2.51. The fourth-order valence-corrected chi connectivity index (χ4v) is 3.42. The van der Waals surface area contributed by atoms with Crippen molar-refractivity contribution in [2.24, 2.45) is 5.41 Å². The third-order valence-electron chi connectivity index (χ3n) is 4.67. The zero-order chi connectivity index (χ0) is 12.3. The minimum absolute atomic E-state index is 0.486. The normalized spacial score (nSPS) is 26.2. The van der Waals surface area contributed by atoms with Gasteiger partial charge in [-0.15, -0.1) is 0 Å². The van der Waals surface area contributed by atoms with Crippen LogP contribution in [-0.2, 0) is 0 Å². The van der Waals surface area contributed by atoms with E-state index in [2.05, 4.69) is 42.1 Å². The van der Waals surface area contributed by atoms with E-state index in [-0.39, 0.29) is 0 Å². The highest BCUT2D eigenvalue weighted by Crippen LogP contribution is 2.57. The van der Waals surface area contributed by atoms with E-state index in [9.17, 15) is 0 Å². The number of aromatic nitrogens is 2. The summed E-state index contributed by atoms with van der Waals surface area (Å²) >= 11 is 0. The minimum Gasteiger partial charge on any atom is -0.341 e. The van der Waals surface area contributed by atoms with Gasteiger partial charge >= 0.3 is 0 Å². The van der Waals surface area contributed by atoms with Crippen molar-refractivity contribution in [3.05, 3.63) is 29.6 Å². The van der Waals surface area contributed by atoms with Crippen molar-refractivity contribution in [2.75, 3.05) is 13.6 Å². The first-order valence-corrected chi connectivity index (χ1v) is 6.82. The summed E-state index contributed by atoms with van der Waals surface area (Å²) in [5.41, 5.74) is 4.20. The van der Waals surface area contributed by atoms with Gasteiger partial charge in [0.25, 0.3) is 0 Å². The molecule has 1 aromatic heterocycles. The lowest BCUT2D eigenvalue weighted by atomic mass is 10.0. The Bertz CT molecular complexity index is 609. The first-order chi connectivity index (χ1) is 8.65. The van der Waals surface area contributed by atoms with Gasteiger partial charge < -0.3 is 4.98 Å². The maximum atomic E-state index is 4.78. The fourth-order valence-electron chi connectivity index (χ4n) is 3.42. The molecule has 4 rings (SSSR count). The van der Waals surface area contributed by atoms with Crippen LogP contribution < -0.4 is 0 Å². The molecule has 1 N–H and O–H groups in total. The predicted molar refractivity (Wildman–Crippen MR) is 72.5 cm³/mol. The molecule has 2 heterocycles. The molecule has 2 aromatic rings. The number of rotatable bonds is 1. The Morgan fingerprint density at radius 2 is 2.22 bits per heavy atom. The zero-order valence-electron chi connectivity index (χ0n) is 11.0. The van der Waals surface area contributed by atoms with Crippen molar-refractivity contribution in [1.82, 2.24) is 14.9 Å². The van der Waals surface area contributed by atoms with Crippen LogP contribution in [0, 0.1) is 12.3 Å². The molecule has 0 amide bonds. The second-order valence-corrected chi connectivity index (χ2v) is 6.28. The van der Waals surface area contributed by atoms with Crippen LogP contribution in [0.5, 0.6) is 0 Å². The van der Waals surface area contributed by atoms with Crippen molar-refractivity contribution in [2.45, 2.75) is 32.2 Å². The predicted octanol–water partition coefficient (Wildman–Crippen LogP) is 3.03. The van der Waals surface area contributed by atoms with Gasteiger partial charge in [0.15, 0.2) is 0 Å². The average Bonchev–Trinajstić information content (AvgIpc) is 2.82. The van der Waals surface area contributed by atoms with Crippen molar-refractivity contribution in [3.63, 3.8) is 0 Å². The molecular weight excluding hydrogens is 222 g/mol. The number of nitrogens with zero attached hydrogens (tertiary/aromatic N) is 2. The average molecular weight is 241 g/mol. The maximum absolute atomic E-state index is 4.78. The summed E-state index contributed by atoms with van der Waals surface area (Å²) < 4.78 is 0. The van der Waals surface area contributed by atoms with Gasteiger partial charge in [0.1, 0.15) is 5.82 Å². The standard InChI is InChI=1S/C15H19N3/c1-10-3-4-11-12(7-10)17-14(16-11)13-8-15(5-6-15)9-18(13)2/h3-4,7,13H,5-6,8-9H2,1-2H3,(H,16,17)/t13-/m0/s1. The molecule has 2 fully saturated rings. The minimum atomic E-state index is 0.486. The number of fused-ring (bicyclic) bond motifs is 1. The number of aryl methyl sites for hydroxylation is 1. The fraction of sp³-hybridized carbons (Fsp3) is 0.533. The van der Waals surface area contributed by atoms with Gasteiger partial charge in [-0.2, -0.15) is 0 Å². The Morgan fingerprint density at radius 3 is 2.94 bits per heavy atom. The van der Waals surface area contributed by atoms with Gasteiger partial charge in [0.05, 0.1) is 17.1 Å². The Hall–Kier alpha value is -1.35. The number of imidazole rings is 1. The molecule has 18 heavy (non-hydrogen) atoms. The van der Waals surface area contributed by atoms with Crippen LogP contribution in [0.3, 0.4) is 0 Å². The van der Waals surface area contributed by atoms with Crippen LogP contribution in [0.4, 0.5) is 0 Å². The SMILES string of the molecule is Cc1ccc2nc([C@@H]3CC4(CC4)CN3C)[nH]c2c1. The number of hydrogen-bond acceptors (Lipinski definition) is 2. The molecule has 1 aromatic carbocycles. The number of aromatic amines is 1. The first kappa shape index (κ1) is 10.6. The summed E-state index contributed by atoms with van der Waals surface area (Å²) in [5, 5.41) is 0. The van der Waals surface area contributed by atoms with Crippen molar-refractivity contribution in [3.8, 4) is 0 Å². The second-order valence-electron chi connectivity index (χ2n) is 6.28. The second kappa shape index (κ2) is 3.35. The number of likely N-dealkylation sites (tertiary alicyclic amines) is 1. The summed E-state index contributed by atoms with van der Waals surface area (Å²) in [5.74, 6) is 1.15.